The minimum absolute atomic E-state index is 0.0414. The average molecular weight is 394 g/mol. The van der Waals surface area contributed by atoms with Gasteiger partial charge in [0.2, 0.25) is 5.78 Å². The molecule has 0 radical (unpaired) electrons. The Morgan fingerprint density at radius 3 is 2.31 bits per heavy atom. The van der Waals surface area contributed by atoms with Crippen molar-refractivity contribution in [2.75, 3.05) is 0 Å². The van der Waals surface area contributed by atoms with Crippen LogP contribution >= 0.6 is 0 Å². The van der Waals surface area contributed by atoms with E-state index < -0.39 is 16.3 Å². The van der Waals surface area contributed by atoms with Crippen LogP contribution in [0.5, 0.6) is 0 Å². The summed E-state index contributed by atoms with van der Waals surface area (Å²) >= 11 is 0. The van der Waals surface area contributed by atoms with Crippen LogP contribution in [0.15, 0.2) is 41.6 Å². The van der Waals surface area contributed by atoms with Crippen molar-refractivity contribution in [1.82, 2.24) is 0 Å². The maximum absolute atomic E-state index is 13.0. The highest BCUT2D eigenvalue weighted by atomic mass is 16.7. The van der Waals surface area contributed by atoms with Crippen molar-refractivity contribution in [3.63, 3.8) is 0 Å². The van der Waals surface area contributed by atoms with Gasteiger partial charge in [-0.25, -0.2) is 4.79 Å². The van der Waals surface area contributed by atoms with E-state index in [1.54, 1.807) is 18.2 Å². The Morgan fingerprint density at radius 1 is 1.10 bits per heavy atom. The fourth-order valence-corrected chi connectivity index (χ4v) is 3.70. The van der Waals surface area contributed by atoms with Crippen molar-refractivity contribution in [2.45, 2.75) is 46.0 Å². The fourth-order valence-electron chi connectivity index (χ4n) is 3.70. The first-order valence-corrected chi connectivity index (χ1v) is 9.39. The highest BCUT2D eigenvalue weighted by Crippen LogP contribution is 2.49. The van der Waals surface area contributed by atoms with E-state index in [-0.39, 0.29) is 17.2 Å². The quantitative estimate of drug-likeness (QED) is 0.230. The molecule has 0 amide bonds. The van der Waals surface area contributed by atoms with Crippen LogP contribution in [0.3, 0.4) is 0 Å². The number of ketones is 1. The summed E-state index contributed by atoms with van der Waals surface area (Å²) in [4.78, 5) is 39.5. The van der Waals surface area contributed by atoms with E-state index in [4.69, 9.17) is 0 Å². The van der Waals surface area contributed by atoms with Gasteiger partial charge in [0.25, 0.3) is 5.69 Å². The molecule has 150 valence electrons. The van der Waals surface area contributed by atoms with Crippen LogP contribution in [0.2, 0.25) is 0 Å². The van der Waals surface area contributed by atoms with Gasteiger partial charge in [0.1, 0.15) is 5.71 Å². The van der Waals surface area contributed by atoms with Crippen molar-refractivity contribution in [3.8, 4) is 11.1 Å². The highest BCUT2D eigenvalue weighted by Gasteiger charge is 2.37. The molecule has 0 aliphatic heterocycles. The fraction of sp³-hybridized carbons (Fsp3) is 0.318. The largest absolute Gasteiger partial charge is 0.331 e. The monoisotopic (exact) mass is 394 g/mol. The molecule has 7 nitrogen and oxygen atoms in total. The van der Waals surface area contributed by atoms with E-state index >= 15 is 0 Å². The second-order valence-electron chi connectivity index (χ2n) is 7.57. The summed E-state index contributed by atoms with van der Waals surface area (Å²) in [6, 6.07) is 10.2. The molecule has 0 atom stereocenters. The second kappa shape index (κ2) is 7.58. The minimum atomic E-state index is -0.585. The molecule has 0 fully saturated rings. The van der Waals surface area contributed by atoms with E-state index in [1.807, 2.05) is 32.9 Å². The molecule has 7 heteroatoms. The van der Waals surface area contributed by atoms with Crippen LogP contribution in [0.1, 0.15) is 62.0 Å². The van der Waals surface area contributed by atoms with E-state index in [9.17, 15) is 19.7 Å². The summed E-state index contributed by atoms with van der Waals surface area (Å²) < 4.78 is 0. The van der Waals surface area contributed by atoms with Crippen LogP contribution in [-0.4, -0.2) is 22.4 Å². The van der Waals surface area contributed by atoms with E-state index in [1.165, 1.54) is 13.0 Å². The van der Waals surface area contributed by atoms with Gasteiger partial charge in [-0.15, -0.1) is 0 Å². The standard InChI is InChI=1S/C22H22N2O5/c1-5-6-20(23-29-13(2)25)21(26)14-7-9-16-17-10-8-15(24(27)28)12-19(17)22(3,4)18(16)11-14/h7-12H,5-6H2,1-4H3/b23-20+. The molecular formula is C22H22N2O5. The van der Waals surface area contributed by atoms with Crippen LogP contribution < -0.4 is 0 Å². The average Bonchev–Trinajstić information content (AvgIpc) is 2.91. The molecule has 0 saturated heterocycles. The van der Waals surface area contributed by atoms with Crippen molar-refractivity contribution >= 4 is 23.2 Å². The van der Waals surface area contributed by atoms with Gasteiger partial charge in [-0.3, -0.25) is 14.9 Å². The van der Waals surface area contributed by atoms with Gasteiger partial charge in [-0.05, 0) is 40.8 Å². The number of Topliss-reactive ketones (excluding diaryl/α,β-unsaturated/α-hetero) is 1. The van der Waals surface area contributed by atoms with E-state index in [0.717, 1.165) is 22.3 Å². The molecule has 29 heavy (non-hydrogen) atoms. The summed E-state index contributed by atoms with van der Waals surface area (Å²) in [5.41, 5.74) is 3.83. The maximum atomic E-state index is 13.0. The zero-order valence-corrected chi connectivity index (χ0v) is 16.8. The second-order valence-corrected chi connectivity index (χ2v) is 7.57. The molecule has 0 saturated carbocycles. The molecule has 0 heterocycles. The van der Waals surface area contributed by atoms with Gasteiger partial charge in [-0.2, -0.15) is 0 Å². The third-order valence-corrected chi connectivity index (χ3v) is 5.17. The maximum Gasteiger partial charge on any atom is 0.331 e. The molecule has 2 aromatic carbocycles. The van der Waals surface area contributed by atoms with Gasteiger partial charge in [0, 0.05) is 30.0 Å². The van der Waals surface area contributed by atoms with Crippen molar-refractivity contribution in [1.29, 1.82) is 0 Å². The number of fused-ring (bicyclic) bond motifs is 3. The van der Waals surface area contributed by atoms with Crippen LogP contribution in [0, 0.1) is 10.1 Å². The summed E-state index contributed by atoms with van der Waals surface area (Å²) in [6.07, 6.45) is 1.07. The number of rotatable bonds is 6. The number of benzene rings is 2. The molecule has 0 N–H and O–H groups in total. The normalized spacial score (nSPS) is 14.1. The van der Waals surface area contributed by atoms with Crippen LogP contribution in [-0.2, 0) is 15.0 Å². The van der Waals surface area contributed by atoms with E-state index in [2.05, 4.69) is 9.99 Å². The lowest BCUT2D eigenvalue weighted by atomic mass is 9.81. The number of oxime groups is 1. The van der Waals surface area contributed by atoms with Gasteiger partial charge in [-0.1, -0.05) is 44.5 Å². The van der Waals surface area contributed by atoms with Crippen LogP contribution in [0.4, 0.5) is 5.69 Å². The number of non-ortho nitro benzene ring substituents is 1. The Kier molecular flexibility index (Phi) is 5.33. The van der Waals surface area contributed by atoms with Gasteiger partial charge in [0.05, 0.1) is 4.92 Å². The first-order chi connectivity index (χ1) is 13.7. The molecule has 0 aromatic heterocycles. The Morgan fingerprint density at radius 2 is 1.72 bits per heavy atom. The summed E-state index contributed by atoms with van der Waals surface area (Å²) in [7, 11) is 0. The number of carbonyl (C=O) groups is 2. The highest BCUT2D eigenvalue weighted by molar-refractivity contribution is 6.46. The Labute approximate surface area is 168 Å². The predicted octanol–water partition coefficient (Wildman–Crippen LogP) is 4.80. The number of hydrogen-bond donors (Lipinski definition) is 0. The van der Waals surface area contributed by atoms with Crippen molar-refractivity contribution < 1.29 is 19.3 Å². The molecule has 1 aliphatic rings. The van der Waals surface area contributed by atoms with E-state index in [0.29, 0.717) is 18.4 Å². The third kappa shape index (κ3) is 3.68. The van der Waals surface area contributed by atoms with Gasteiger partial charge >= 0.3 is 5.97 Å². The molecule has 1 aliphatic carbocycles. The molecule has 2 aromatic rings. The first kappa shape index (κ1) is 20.4. The SMILES string of the molecule is CCC/C(=N\OC(C)=O)C(=O)c1ccc2c(c1)C(C)(C)c1cc([N+](=O)[O-])ccc1-2. The molecule has 0 unspecified atom stereocenters. The van der Waals surface area contributed by atoms with Crippen molar-refractivity contribution in [2.24, 2.45) is 5.16 Å². The lowest BCUT2D eigenvalue weighted by Crippen LogP contribution is -2.18. The molecular weight excluding hydrogens is 372 g/mol. The number of carbonyl (C=O) groups excluding carboxylic acids is 2. The molecule has 0 bridgehead atoms. The third-order valence-electron chi connectivity index (χ3n) is 5.17. The summed E-state index contributed by atoms with van der Waals surface area (Å²) in [5.74, 6) is -0.882. The smallest absolute Gasteiger partial charge is 0.318 e. The van der Waals surface area contributed by atoms with Crippen LogP contribution in [0.25, 0.3) is 11.1 Å². The van der Waals surface area contributed by atoms with Crippen molar-refractivity contribution in [3.05, 3.63) is 63.2 Å². The minimum Gasteiger partial charge on any atom is -0.318 e. The topological polar surface area (TPSA) is 98.9 Å². The Hall–Kier alpha value is -3.35. The summed E-state index contributed by atoms with van der Waals surface area (Å²) in [5, 5.41) is 14.9. The first-order valence-electron chi connectivity index (χ1n) is 9.39. The van der Waals surface area contributed by atoms with Gasteiger partial charge < -0.3 is 4.84 Å². The lowest BCUT2D eigenvalue weighted by molar-refractivity contribution is -0.384. The Balaban J connectivity index is 2.04. The number of hydrogen-bond acceptors (Lipinski definition) is 6. The summed E-state index contributed by atoms with van der Waals surface area (Å²) in [6.45, 7) is 7.10. The number of nitrogens with zero attached hydrogens (tertiary/aromatic N) is 2. The predicted molar refractivity (Wildman–Crippen MR) is 109 cm³/mol. The zero-order chi connectivity index (χ0) is 21.3. The zero-order valence-electron chi connectivity index (χ0n) is 16.8. The number of nitro benzene ring substituents is 1. The van der Waals surface area contributed by atoms with Gasteiger partial charge in [0.15, 0.2) is 0 Å². The molecule has 3 rings (SSSR count). The Bertz CT molecular complexity index is 1050. The number of nitro groups is 1. The lowest BCUT2D eigenvalue weighted by Gasteiger charge is -2.21. The molecule has 0 spiro atoms.